The van der Waals surface area contributed by atoms with Crippen LogP contribution in [0.5, 0.6) is 34.5 Å². The molecular formula is C66H64N2O8. The van der Waals surface area contributed by atoms with E-state index in [0.717, 1.165) is 33.4 Å². The van der Waals surface area contributed by atoms with E-state index in [1.54, 1.807) is 0 Å². The molecule has 10 heteroatoms. The second-order valence-electron chi connectivity index (χ2n) is 19.7. The summed E-state index contributed by atoms with van der Waals surface area (Å²) in [5.41, 5.74) is 8.06. The molecule has 0 radical (unpaired) electrons. The third-order valence-corrected chi connectivity index (χ3v) is 13.4. The van der Waals surface area contributed by atoms with E-state index in [9.17, 15) is 0 Å². The highest BCUT2D eigenvalue weighted by molar-refractivity contribution is 6.11. The number of ether oxygens (including phenoxy) is 8. The van der Waals surface area contributed by atoms with Crippen LogP contribution < -0.4 is 28.4 Å². The van der Waals surface area contributed by atoms with Gasteiger partial charge < -0.3 is 37.9 Å². The van der Waals surface area contributed by atoms with E-state index in [2.05, 4.69) is 27.7 Å². The summed E-state index contributed by atoms with van der Waals surface area (Å²) < 4.78 is 56.3. The predicted molar refractivity (Wildman–Crippen MR) is 299 cm³/mol. The molecule has 0 bridgehead atoms. The average molecular weight is 1010 g/mol. The Kier molecular flexibility index (Phi) is 16.6. The van der Waals surface area contributed by atoms with Crippen molar-refractivity contribution in [2.45, 2.75) is 79.4 Å². The monoisotopic (exact) mass is 1010 g/mol. The molecule has 0 fully saturated rings. The summed E-state index contributed by atoms with van der Waals surface area (Å²) in [6.07, 6.45) is 0. The van der Waals surface area contributed by atoms with Crippen LogP contribution >= 0.6 is 0 Å². The van der Waals surface area contributed by atoms with Crippen LogP contribution in [0.15, 0.2) is 204 Å². The van der Waals surface area contributed by atoms with E-state index in [1.807, 2.05) is 194 Å². The van der Waals surface area contributed by atoms with E-state index in [1.165, 1.54) is 0 Å². The van der Waals surface area contributed by atoms with Crippen molar-refractivity contribution in [1.29, 1.82) is 0 Å². The summed E-state index contributed by atoms with van der Waals surface area (Å²) in [6.45, 7) is 10.6. The topological polar surface area (TPSA) is 98.6 Å². The molecule has 76 heavy (non-hydrogen) atoms. The largest absolute Gasteiger partial charge is 0.485 e. The highest BCUT2D eigenvalue weighted by Crippen LogP contribution is 2.56. The first-order chi connectivity index (χ1) is 37.3. The fourth-order valence-corrected chi connectivity index (χ4v) is 8.98. The molecule has 8 aromatic carbocycles. The van der Waals surface area contributed by atoms with Crippen LogP contribution in [-0.4, -0.2) is 37.1 Å². The van der Waals surface area contributed by atoms with Gasteiger partial charge in [0.2, 0.25) is 23.3 Å². The quantitative estimate of drug-likeness (QED) is 0.0625. The summed E-state index contributed by atoms with van der Waals surface area (Å²) in [5, 5.41) is 0. The van der Waals surface area contributed by atoms with E-state index < -0.39 is 0 Å². The van der Waals surface area contributed by atoms with Gasteiger partial charge in [0.1, 0.15) is 52.9 Å². The van der Waals surface area contributed by atoms with Crippen molar-refractivity contribution >= 4 is 11.8 Å². The zero-order valence-electron chi connectivity index (χ0n) is 43.6. The molecule has 0 spiro atoms. The number of nitrogens with zero attached hydrogens (tertiary/aromatic N) is 2. The fraction of sp³-hybridized carbons (Fsp3) is 0.242. The molecule has 2 aliphatic heterocycles. The van der Waals surface area contributed by atoms with Gasteiger partial charge in [0, 0.05) is 11.1 Å². The van der Waals surface area contributed by atoms with Gasteiger partial charge in [-0.15, -0.1) is 0 Å². The summed E-state index contributed by atoms with van der Waals surface area (Å²) in [7, 11) is 0. The van der Waals surface area contributed by atoms with Gasteiger partial charge in [-0.05, 0) is 57.3 Å². The van der Waals surface area contributed by atoms with Gasteiger partial charge in [-0.2, -0.15) is 0 Å². The minimum absolute atomic E-state index is 0.125. The number of hydrogen-bond donors (Lipinski definition) is 0. The lowest BCUT2D eigenvalue weighted by Gasteiger charge is -2.27. The first-order valence-corrected chi connectivity index (χ1v) is 26.2. The summed E-state index contributed by atoms with van der Waals surface area (Å²) in [5.74, 6) is 3.58. The lowest BCUT2D eigenvalue weighted by Crippen LogP contribution is -2.15. The molecule has 0 saturated carbocycles. The molecule has 2 aliphatic rings. The minimum atomic E-state index is -0.125. The van der Waals surface area contributed by atoms with Crippen LogP contribution in [0.4, 0.5) is 0 Å². The third kappa shape index (κ3) is 12.5. The Morgan fingerprint density at radius 3 is 0.855 bits per heavy atom. The van der Waals surface area contributed by atoms with Gasteiger partial charge in [0.25, 0.3) is 0 Å². The Morgan fingerprint density at radius 2 is 0.605 bits per heavy atom. The summed E-state index contributed by atoms with van der Waals surface area (Å²) in [6, 6.07) is 64.2. The zero-order valence-corrected chi connectivity index (χ0v) is 43.6. The van der Waals surface area contributed by atoms with Crippen molar-refractivity contribution in [3.05, 3.63) is 239 Å². The molecule has 8 aromatic rings. The molecule has 10 rings (SSSR count). The Labute approximate surface area is 446 Å². The highest BCUT2D eigenvalue weighted by atomic mass is 16.6. The highest BCUT2D eigenvalue weighted by Gasteiger charge is 2.38. The van der Waals surface area contributed by atoms with Crippen LogP contribution in [-0.2, 0) is 49.1 Å². The van der Waals surface area contributed by atoms with Crippen LogP contribution in [0.2, 0.25) is 0 Å². The van der Waals surface area contributed by atoms with Crippen molar-refractivity contribution in [2.24, 2.45) is 21.8 Å². The molecule has 10 nitrogen and oxygen atoms in total. The molecular weight excluding hydrogens is 949 g/mol. The van der Waals surface area contributed by atoms with E-state index in [-0.39, 0.29) is 63.6 Å². The van der Waals surface area contributed by atoms with Gasteiger partial charge in [-0.3, -0.25) is 0 Å². The van der Waals surface area contributed by atoms with Crippen molar-refractivity contribution in [2.75, 3.05) is 13.2 Å². The second-order valence-corrected chi connectivity index (χ2v) is 19.7. The van der Waals surface area contributed by atoms with Crippen LogP contribution in [0.25, 0.3) is 11.1 Å². The van der Waals surface area contributed by atoms with E-state index in [0.29, 0.717) is 81.8 Å². The third-order valence-electron chi connectivity index (χ3n) is 13.4. The fourth-order valence-electron chi connectivity index (χ4n) is 8.98. The lowest BCUT2D eigenvalue weighted by molar-refractivity contribution is 0.228. The van der Waals surface area contributed by atoms with Gasteiger partial charge in [0.05, 0.1) is 23.2 Å². The minimum Gasteiger partial charge on any atom is -0.485 e. The summed E-state index contributed by atoms with van der Waals surface area (Å²) in [4.78, 5) is 10.7. The van der Waals surface area contributed by atoms with Gasteiger partial charge in [-0.25, -0.2) is 9.98 Å². The van der Waals surface area contributed by atoms with Gasteiger partial charge >= 0.3 is 0 Å². The number of aliphatic imine (C=N–C) groups is 2. The SMILES string of the molecule is CC(C)[C@H]1COC(c2cc(OCc3ccccc3)c(OCc3ccccc3)c(OCc3ccccc3)c2-c2c(C3=N[C@@H](C(C)C)CO3)cc(OCc3ccccc3)c(OCc3ccccc3)c2OCc2ccccc2)=N1. The molecule has 2 atom stereocenters. The second kappa shape index (κ2) is 24.7. The zero-order chi connectivity index (χ0) is 52.1. The molecule has 0 N–H and O–H groups in total. The van der Waals surface area contributed by atoms with Crippen LogP contribution in [0.3, 0.4) is 0 Å². The maximum atomic E-state index is 7.34. The molecule has 0 amide bonds. The van der Waals surface area contributed by atoms with Crippen molar-refractivity contribution in [1.82, 2.24) is 0 Å². The first kappa shape index (κ1) is 51.0. The van der Waals surface area contributed by atoms with Gasteiger partial charge in [0.15, 0.2) is 23.0 Å². The van der Waals surface area contributed by atoms with Crippen molar-refractivity contribution in [3.63, 3.8) is 0 Å². The van der Waals surface area contributed by atoms with Crippen LogP contribution in [0, 0.1) is 11.8 Å². The molecule has 2 heterocycles. The Bertz CT molecular complexity index is 2990. The summed E-state index contributed by atoms with van der Waals surface area (Å²) >= 11 is 0. The maximum Gasteiger partial charge on any atom is 0.217 e. The predicted octanol–water partition coefficient (Wildman–Crippen LogP) is 14.4. The normalized spacial score (nSPS) is 14.9. The molecule has 0 saturated heterocycles. The number of hydrogen-bond acceptors (Lipinski definition) is 10. The van der Waals surface area contributed by atoms with Gasteiger partial charge in [-0.1, -0.05) is 210 Å². The number of rotatable bonds is 23. The Hall–Kier alpha value is -8.50. The molecule has 386 valence electrons. The average Bonchev–Trinajstić information content (AvgIpc) is 4.26. The molecule has 0 unspecified atom stereocenters. The smallest absolute Gasteiger partial charge is 0.217 e. The maximum absolute atomic E-state index is 7.34. The lowest BCUT2D eigenvalue weighted by atomic mass is 9.91. The Morgan fingerprint density at radius 1 is 0.355 bits per heavy atom. The van der Waals surface area contributed by atoms with E-state index >= 15 is 0 Å². The number of benzene rings is 8. The van der Waals surface area contributed by atoms with Crippen molar-refractivity contribution < 1.29 is 37.9 Å². The van der Waals surface area contributed by atoms with E-state index in [4.69, 9.17) is 47.9 Å². The molecule has 0 aromatic heterocycles. The molecule has 0 aliphatic carbocycles. The van der Waals surface area contributed by atoms with Crippen molar-refractivity contribution in [3.8, 4) is 45.6 Å². The Balaban J connectivity index is 1.31. The standard InChI is InChI=1S/C66H64N2O8/c1-45(2)55-43-75-65(67-55)53-35-57(69-37-47-23-11-5-12-24-47)61(71-39-49-27-15-7-16-28-49)63(73-41-51-31-19-9-20-32-51)59(53)60-54(66-68-56(44-76-66)46(3)4)36-58(70-38-48-25-13-6-14-26-48)62(72-40-50-29-17-8-18-30-50)64(60)74-42-52-33-21-10-22-34-52/h5-36,45-46,55-56H,37-44H2,1-4H3/t55-,56-/m1/s1. The first-order valence-electron chi connectivity index (χ1n) is 26.2. The van der Waals surface area contributed by atoms with Crippen LogP contribution in [0.1, 0.15) is 72.2 Å².